The standard InChI is InChI=1S/C21H18FNO3/c1-2-6-15-7-3-4-10-19(15)25-14-18-11-12-20(26-18)21(24)23-17-9-5-8-16(22)13-17/h2-5,7-13H,1,6,14H2,(H,23,24). The van der Waals surface area contributed by atoms with Crippen molar-refractivity contribution in [2.45, 2.75) is 13.0 Å². The first-order chi connectivity index (χ1) is 12.7. The Morgan fingerprint density at radius 2 is 2.00 bits per heavy atom. The molecule has 0 unspecified atom stereocenters. The summed E-state index contributed by atoms with van der Waals surface area (Å²) in [5, 5.41) is 2.59. The summed E-state index contributed by atoms with van der Waals surface area (Å²) in [5.74, 6) is 0.521. The van der Waals surface area contributed by atoms with Crippen LogP contribution in [0.15, 0.2) is 77.7 Å². The number of nitrogens with one attached hydrogen (secondary N) is 1. The zero-order valence-electron chi connectivity index (χ0n) is 14.1. The molecular weight excluding hydrogens is 333 g/mol. The Hall–Kier alpha value is -3.34. The van der Waals surface area contributed by atoms with E-state index in [4.69, 9.17) is 9.15 Å². The number of ether oxygens (including phenoxy) is 1. The van der Waals surface area contributed by atoms with Crippen molar-refractivity contribution in [3.05, 3.63) is 96.2 Å². The number of anilines is 1. The molecule has 1 heterocycles. The molecule has 0 saturated carbocycles. The topological polar surface area (TPSA) is 51.5 Å². The van der Waals surface area contributed by atoms with E-state index < -0.39 is 11.7 Å². The highest BCUT2D eigenvalue weighted by Gasteiger charge is 2.12. The molecule has 4 nitrogen and oxygen atoms in total. The van der Waals surface area contributed by atoms with Crippen molar-refractivity contribution in [3.63, 3.8) is 0 Å². The van der Waals surface area contributed by atoms with Gasteiger partial charge < -0.3 is 14.5 Å². The van der Waals surface area contributed by atoms with Crippen molar-refractivity contribution in [1.82, 2.24) is 0 Å². The zero-order chi connectivity index (χ0) is 18.4. The van der Waals surface area contributed by atoms with Gasteiger partial charge in [-0.1, -0.05) is 30.3 Å². The Kier molecular flexibility index (Phi) is 5.49. The van der Waals surface area contributed by atoms with Crippen molar-refractivity contribution in [3.8, 4) is 5.75 Å². The molecule has 0 aliphatic heterocycles. The summed E-state index contributed by atoms with van der Waals surface area (Å²) in [5.41, 5.74) is 1.39. The second-order valence-corrected chi connectivity index (χ2v) is 5.62. The number of carbonyl (C=O) groups is 1. The fourth-order valence-electron chi connectivity index (χ4n) is 2.45. The lowest BCUT2D eigenvalue weighted by Crippen LogP contribution is -2.10. The molecule has 0 radical (unpaired) electrons. The van der Waals surface area contributed by atoms with Gasteiger partial charge in [-0.3, -0.25) is 4.79 Å². The van der Waals surface area contributed by atoms with Crippen molar-refractivity contribution < 1.29 is 18.3 Å². The summed E-state index contributed by atoms with van der Waals surface area (Å²) in [6.45, 7) is 3.93. The van der Waals surface area contributed by atoms with E-state index in [1.807, 2.05) is 30.3 Å². The van der Waals surface area contributed by atoms with Gasteiger partial charge in [0.15, 0.2) is 5.76 Å². The molecule has 0 fully saturated rings. The van der Waals surface area contributed by atoms with Crippen LogP contribution in [0.5, 0.6) is 5.75 Å². The smallest absolute Gasteiger partial charge is 0.291 e. The largest absolute Gasteiger partial charge is 0.485 e. The van der Waals surface area contributed by atoms with Crippen LogP contribution < -0.4 is 10.1 Å². The van der Waals surface area contributed by atoms with E-state index in [1.165, 1.54) is 18.2 Å². The summed E-state index contributed by atoms with van der Waals surface area (Å²) in [7, 11) is 0. The highest BCUT2D eigenvalue weighted by molar-refractivity contribution is 6.02. The number of carbonyl (C=O) groups excluding carboxylic acids is 1. The maximum Gasteiger partial charge on any atom is 0.291 e. The first kappa shape index (κ1) is 17.5. The van der Waals surface area contributed by atoms with Crippen LogP contribution in [-0.4, -0.2) is 5.91 Å². The second kappa shape index (κ2) is 8.16. The molecule has 0 aliphatic carbocycles. The molecule has 1 N–H and O–H groups in total. The predicted octanol–water partition coefficient (Wildman–Crippen LogP) is 4.98. The van der Waals surface area contributed by atoms with Gasteiger partial charge in [-0.15, -0.1) is 6.58 Å². The summed E-state index contributed by atoms with van der Waals surface area (Å²) in [6, 6.07) is 16.6. The van der Waals surface area contributed by atoms with Gasteiger partial charge in [0.1, 0.15) is 23.9 Å². The minimum absolute atomic E-state index is 0.132. The van der Waals surface area contributed by atoms with E-state index in [1.54, 1.807) is 18.2 Å². The maximum atomic E-state index is 13.2. The van der Waals surface area contributed by atoms with E-state index in [2.05, 4.69) is 11.9 Å². The number of benzene rings is 2. The molecular formula is C21H18FNO3. The van der Waals surface area contributed by atoms with Gasteiger partial charge in [0.05, 0.1) is 0 Å². The molecule has 0 spiro atoms. The second-order valence-electron chi connectivity index (χ2n) is 5.62. The number of halogens is 1. The van der Waals surface area contributed by atoms with Crippen LogP contribution >= 0.6 is 0 Å². The number of amides is 1. The summed E-state index contributed by atoms with van der Waals surface area (Å²) in [4.78, 5) is 12.2. The third kappa shape index (κ3) is 4.39. The van der Waals surface area contributed by atoms with Crippen LogP contribution in [0.4, 0.5) is 10.1 Å². The van der Waals surface area contributed by atoms with Crippen molar-refractivity contribution >= 4 is 11.6 Å². The van der Waals surface area contributed by atoms with Gasteiger partial charge in [0, 0.05) is 5.69 Å². The van der Waals surface area contributed by atoms with Gasteiger partial charge in [-0.05, 0) is 48.4 Å². The van der Waals surface area contributed by atoms with Crippen molar-refractivity contribution in [2.24, 2.45) is 0 Å². The highest BCUT2D eigenvalue weighted by Crippen LogP contribution is 2.21. The molecule has 3 rings (SSSR count). The predicted molar refractivity (Wildman–Crippen MR) is 97.7 cm³/mol. The third-order valence-electron chi connectivity index (χ3n) is 3.67. The minimum Gasteiger partial charge on any atom is -0.485 e. The average Bonchev–Trinajstić information content (AvgIpc) is 3.10. The fourth-order valence-corrected chi connectivity index (χ4v) is 2.45. The number of hydrogen-bond donors (Lipinski definition) is 1. The normalized spacial score (nSPS) is 10.3. The molecule has 2 aromatic carbocycles. The van der Waals surface area contributed by atoms with Gasteiger partial charge in [-0.25, -0.2) is 4.39 Å². The summed E-state index contributed by atoms with van der Waals surface area (Å²) in [6.07, 6.45) is 2.51. The van der Waals surface area contributed by atoms with Crippen molar-refractivity contribution in [1.29, 1.82) is 0 Å². The Balaban J connectivity index is 1.63. The van der Waals surface area contributed by atoms with Crippen LogP contribution in [0.2, 0.25) is 0 Å². The van der Waals surface area contributed by atoms with E-state index in [-0.39, 0.29) is 12.4 Å². The average molecular weight is 351 g/mol. The Bertz CT molecular complexity index is 917. The highest BCUT2D eigenvalue weighted by atomic mass is 19.1. The van der Waals surface area contributed by atoms with E-state index >= 15 is 0 Å². The molecule has 0 atom stereocenters. The molecule has 1 amide bonds. The minimum atomic E-state index is -0.450. The molecule has 3 aromatic rings. The molecule has 0 bridgehead atoms. The Labute approximate surface area is 150 Å². The monoisotopic (exact) mass is 351 g/mol. The third-order valence-corrected chi connectivity index (χ3v) is 3.67. The van der Waals surface area contributed by atoms with Crippen LogP contribution in [-0.2, 0) is 13.0 Å². The van der Waals surface area contributed by atoms with Gasteiger partial charge in [-0.2, -0.15) is 0 Å². The van der Waals surface area contributed by atoms with Crippen LogP contribution in [0.25, 0.3) is 0 Å². The molecule has 26 heavy (non-hydrogen) atoms. The number of furan rings is 1. The lowest BCUT2D eigenvalue weighted by molar-refractivity contribution is 0.0992. The molecule has 0 saturated heterocycles. The number of allylic oxidation sites excluding steroid dienone is 1. The van der Waals surface area contributed by atoms with E-state index in [0.29, 0.717) is 17.9 Å². The number of rotatable bonds is 7. The van der Waals surface area contributed by atoms with Gasteiger partial charge >= 0.3 is 0 Å². The molecule has 0 aliphatic rings. The van der Waals surface area contributed by atoms with Gasteiger partial charge in [0.25, 0.3) is 5.91 Å². The van der Waals surface area contributed by atoms with E-state index in [9.17, 15) is 9.18 Å². The first-order valence-electron chi connectivity index (χ1n) is 8.13. The van der Waals surface area contributed by atoms with Gasteiger partial charge in [0.2, 0.25) is 0 Å². The van der Waals surface area contributed by atoms with E-state index in [0.717, 1.165) is 11.3 Å². The summed E-state index contributed by atoms with van der Waals surface area (Å²) >= 11 is 0. The SMILES string of the molecule is C=CCc1ccccc1OCc1ccc(C(=O)Nc2cccc(F)c2)o1. The maximum absolute atomic E-state index is 13.2. The van der Waals surface area contributed by atoms with Crippen LogP contribution in [0, 0.1) is 5.82 Å². The fraction of sp³-hybridized carbons (Fsp3) is 0.0952. The first-order valence-corrected chi connectivity index (χ1v) is 8.13. The number of para-hydroxylation sites is 1. The lowest BCUT2D eigenvalue weighted by atomic mass is 10.1. The molecule has 5 heteroatoms. The molecule has 132 valence electrons. The molecule has 1 aromatic heterocycles. The quantitative estimate of drug-likeness (QED) is 0.611. The zero-order valence-corrected chi connectivity index (χ0v) is 14.1. The van der Waals surface area contributed by atoms with Crippen LogP contribution in [0.3, 0.4) is 0 Å². The Morgan fingerprint density at radius 1 is 1.15 bits per heavy atom. The van der Waals surface area contributed by atoms with Crippen molar-refractivity contribution in [2.75, 3.05) is 5.32 Å². The number of hydrogen-bond acceptors (Lipinski definition) is 3. The van der Waals surface area contributed by atoms with Crippen LogP contribution in [0.1, 0.15) is 21.9 Å². The Morgan fingerprint density at radius 3 is 2.81 bits per heavy atom. The lowest BCUT2D eigenvalue weighted by Gasteiger charge is -2.09. The summed E-state index contributed by atoms with van der Waals surface area (Å²) < 4.78 is 24.5.